The van der Waals surface area contributed by atoms with E-state index in [-0.39, 0.29) is 11.7 Å². The Morgan fingerprint density at radius 2 is 1.95 bits per heavy atom. The molecule has 2 heterocycles. The zero-order chi connectivity index (χ0) is 26.5. The molecule has 0 aliphatic rings. The molecule has 1 amide bonds. The van der Waals surface area contributed by atoms with Gasteiger partial charge in [0.1, 0.15) is 0 Å². The number of aromatic hydroxyl groups is 1. The SMILES string of the molecule is COc1cc(C=Cc2cc(CSc3cccc(C(=O)Nc4ccc5nc(C)ccc5c4)c3)[nH]n2)ccc1O. The minimum absolute atomic E-state index is 0.103. The van der Waals surface area contributed by atoms with Crippen LogP contribution in [-0.4, -0.2) is 33.3 Å². The summed E-state index contributed by atoms with van der Waals surface area (Å²) in [6.07, 6.45) is 3.80. The van der Waals surface area contributed by atoms with Crippen molar-refractivity contribution in [2.75, 3.05) is 12.4 Å². The number of phenolic OH excluding ortho intramolecular Hbond substituents is 1. The Balaban J connectivity index is 1.20. The van der Waals surface area contributed by atoms with Crippen LogP contribution in [0.15, 0.2) is 83.8 Å². The molecule has 0 fully saturated rings. The molecule has 0 atom stereocenters. The number of aromatic nitrogens is 3. The second-order valence-electron chi connectivity index (χ2n) is 8.71. The Bertz CT molecular complexity index is 1640. The molecule has 0 unspecified atom stereocenters. The first-order chi connectivity index (χ1) is 18.5. The number of ether oxygens (including phenoxy) is 1. The monoisotopic (exact) mass is 522 g/mol. The molecule has 0 spiro atoms. The first-order valence-corrected chi connectivity index (χ1v) is 13.0. The van der Waals surface area contributed by atoms with E-state index in [0.29, 0.717) is 17.1 Å². The highest BCUT2D eigenvalue weighted by Crippen LogP contribution is 2.28. The Kier molecular flexibility index (Phi) is 7.42. The van der Waals surface area contributed by atoms with Crippen molar-refractivity contribution >= 4 is 46.4 Å². The summed E-state index contributed by atoms with van der Waals surface area (Å²) < 4.78 is 5.15. The number of benzene rings is 3. The molecule has 8 heteroatoms. The van der Waals surface area contributed by atoms with Crippen molar-refractivity contribution in [1.82, 2.24) is 15.2 Å². The zero-order valence-corrected chi connectivity index (χ0v) is 21.8. The lowest BCUT2D eigenvalue weighted by Gasteiger charge is -2.08. The Hall–Kier alpha value is -4.56. The molecule has 38 heavy (non-hydrogen) atoms. The van der Waals surface area contributed by atoms with Crippen molar-refractivity contribution in [3.63, 3.8) is 0 Å². The predicted octanol–water partition coefficient (Wildman–Crippen LogP) is 6.70. The highest BCUT2D eigenvalue weighted by atomic mass is 32.2. The van der Waals surface area contributed by atoms with Gasteiger partial charge in [0.25, 0.3) is 5.91 Å². The second kappa shape index (κ2) is 11.2. The number of anilines is 1. The number of hydrogen-bond donors (Lipinski definition) is 3. The lowest BCUT2D eigenvalue weighted by atomic mass is 10.1. The van der Waals surface area contributed by atoms with E-state index in [9.17, 15) is 9.90 Å². The van der Waals surface area contributed by atoms with Crippen molar-refractivity contribution in [1.29, 1.82) is 0 Å². The van der Waals surface area contributed by atoms with Crippen molar-refractivity contribution in [2.24, 2.45) is 0 Å². The fourth-order valence-corrected chi connectivity index (χ4v) is 4.77. The van der Waals surface area contributed by atoms with Crippen LogP contribution < -0.4 is 10.1 Å². The van der Waals surface area contributed by atoms with Gasteiger partial charge < -0.3 is 15.2 Å². The van der Waals surface area contributed by atoms with E-state index in [2.05, 4.69) is 20.5 Å². The molecule has 5 aromatic rings. The van der Waals surface area contributed by atoms with Crippen molar-refractivity contribution < 1.29 is 14.6 Å². The number of thioether (sulfide) groups is 1. The summed E-state index contributed by atoms with van der Waals surface area (Å²) in [5.41, 5.74) is 5.84. The van der Waals surface area contributed by atoms with E-state index in [1.165, 1.54) is 7.11 Å². The Labute approximate surface area is 224 Å². The predicted molar refractivity (Wildman–Crippen MR) is 153 cm³/mol. The molecular weight excluding hydrogens is 496 g/mol. The summed E-state index contributed by atoms with van der Waals surface area (Å²) in [4.78, 5) is 18.4. The number of rotatable bonds is 8. The van der Waals surface area contributed by atoms with E-state index in [0.717, 1.165) is 44.1 Å². The van der Waals surface area contributed by atoms with Crippen LogP contribution >= 0.6 is 11.8 Å². The molecule has 0 aliphatic carbocycles. The minimum atomic E-state index is -0.160. The van der Waals surface area contributed by atoms with Gasteiger partial charge in [-0.1, -0.05) is 24.3 Å². The van der Waals surface area contributed by atoms with E-state index < -0.39 is 0 Å². The van der Waals surface area contributed by atoms with Crippen LogP contribution in [0, 0.1) is 6.92 Å². The molecule has 0 radical (unpaired) electrons. The third-order valence-electron chi connectivity index (χ3n) is 5.88. The quantitative estimate of drug-likeness (QED) is 0.196. The van der Waals surface area contributed by atoms with Gasteiger partial charge in [-0.25, -0.2) is 0 Å². The number of carbonyl (C=O) groups is 1. The number of methoxy groups -OCH3 is 1. The maximum absolute atomic E-state index is 12.9. The summed E-state index contributed by atoms with van der Waals surface area (Å²) >= 11 is 1.62. The summed E-state index contributed by atoms with van der Waals surface area (Å²) in [6, 6.07) is 24.4. The summed E-state index contributed by atoms with van der Waals surface area (Å²) in [6.45, 7) is 1.96. The summed E-state index contributed by atoms with van der Waals surface area (Å²) in [5.74, 6) is 1.04. The van der Waals surface area contributed by atoms with Gasteiger partial charge in [-0.3, -0.25) is 14.9 Å². The van der Waals surface area contributed by atoms with E-state index in [4.69, 9.17) is 4.74 Å². The molecule has 3 N–H and O–H groups in total. The summed E-state index contributed by atoms with van der Waals surface area (Å²) in [5, 5.41) is 21.1. The van der Waals surface area contributed by atoms with E-state index in [1.54, 1.807) is 30.0 Å². The van der Waals surface area contributed by atoms with Gasteiger partial charge in [0.2, 0.25) is 0 Å². The topological polar surface area (TPSA) is 100 Å². The first kappa shape index (κ1) is 25.1. The standard InChI is InChI=1S/C30H26N4O3S/c1-19-6-9-21-15-23(11-12-27(21)31-19)32-30(36)22-4-3-5-26(16-22)38-18-25-17-24(33-34-25)10-7-20-8-13-28(35)29(14-20)37-2/h3-17,35H,18H2,1-2H3,(H,32,36)(H,33,34). The largest absolute Gasteiger partial charge is 0.504 e. The van der Waals surface area contributed by atoms with Crippen LogP contribution in [0.4, 0.5) is 5.69 Å². The van der Waals surface area contributed by atoms with Gasteiger partial charge in [0.05, 0.1) is 18.3 Å². The lowest BCUT2D eigenvalue weighted by molar-refractivity contribution is 0.102. The van der Waals surface area contributed by atoms with Crippen LogP contribution in [-0.2, 0) is 5.75 Å². The molecule has 0 saturated carbocycles. The Morgan fingerprint density at radius 3 is 2.82 bits per heavy atom. The fraction of sp³-hybridized carbons (Fsp3) is 0.100. The number of H-pyrrole nitrogens is 1. The van der Waals surface area contributed by atoms with Crippen LogP contribution in [0.3, 0.4) is 0 Å². The highest BCUT2D eigenvalue weighted by Gasteiger charge is 2.09. The number of amides is 1. The average molecular weight is 523 g/mol. The molecular formula is C30H26N4O3S. The van der Waals surface area contributed by atoms with Gasteiger partial charge in [0, 0.05) is 38.7 Å². The second-order valence-corrected chi connectivity index (χ2v) is 9.76. The van der Waals surface area contributed by atoms with Gasteiger partial charge >= 0.3 is 0 Å². The number of pyridine rings is 1. The molecule has 2 aromatic heterocycles. The third kappa shape index (κ3) is 6.04. The fourth-order valence-electron chi connectivity index (χ4n) is 3.91. The van der Waals surface area contributed by atoms with Gasteiger partial charge in [-0.05, 0) is 79.2 Å². The molecule has 0 saturated heterocycles. The number of hydrogen-bond acceptors (Lipinski definition) is 6. The van der Waals surface area contributed by atoms with E-state index >= 15 is 0 Å². The molecule has 3 aromatic carbocycles. The maximum atomic E-state index is 12.9. The normalized spacial score (nSPS) is 11.2. The van der Waals surface area contributed by atoms with Crippen LogP contribution in [0.1, 0.15) is 33.0 Å². The van der Waals surface area contributed by atoms with Crippen LogP contribution in [0.2, 0.25) is 0 Å². The summed E-state index contributed by atoms with van der Waals surface area (Å²) in [7, 11) is 1.52. The molecule has 190 valence electrons. The smallest absolute Gasteiger partial charge is 0.255 e. The number of fused-ring (bicyclic) bond motifs is 1. The van der Waals surface area contributed by atoms with Crippen molar-refractivity contribution in [3.05, 3.63) is 107 Å². The number of aryl methyl sites for hydroxylation is 1. The molecule has 7 nitrogen and oxygen atoms in total. The average Bonchev–Trinajstić information content (AvgIpc) is 3.39. The molecule has 0 bridgehead atoms. The van der Waals surface area contributed by atoms with Gasteiger partial charge in [-0.2, -0.15) is 5.10 Å². The van der Waals surface area contributed by atoms with Crippen molar-refractivity contribution in [2.45, 2.75) is 17.6 Å². The highest BCUT2D eigenvalue weighted by molar-refractivity contribution is 7.98. The van der Waals surface area contributed by atoms with Crippen LogP contribution in [0.5, 0.6) is 11.5 Å². The van der Waals surface area contributed by atoms with E-state index in [1.807, 2.05) is 79.7 Å². The zero-order valence-electron chi connectivity index (χ0n) is 20.9. The number of aromatic amines is 1. The maximum Gasteiger partial charge on any atom is 0.255 e. The van der Waals surface area contributed by atoms with Gasteiger partial charge in [-0.15, -0.1) is 11.8 Å². The number of phenols is 1. The first-order valence-electron chi connectivity index (χ1n) is 12.0. The van der Waals surface area contributed by atoms with Gasteiger partial charge in [0.15, 0.2) is 11.5 Å². The molecule has 0 aliphatic heterocycles. The molecule has 5 rings (SSSR count). The third-order valence-corrected chi connectivity index (χ3v) is 6.92. The van der Waals surface area contributed by atoms with Crippen molar-refractivity contribution in [3.8, 4) is 11.5 Å². The van der Waals surface area contributed by atoms with Crippen LogP contribution in [0.25, 0.3) is 23.1 Å². The lowest BCUT2D eigenvalue weighted by Crippen LogP contribution is -2.11. The number of nitrogens with one attached hydrogen (secondary N) is 2. The number of carbonyl (C=O) groups excluding carboxylic acids is 1. The Morgan fingerprint density at radius 1 is 1.05 bits per heavy atom. The number of nitrogens with zero attached hydrogens (tertiary/aromatic N) is 2. The minimum Gasteiger partial charge on any atom is -0.504 e.